The lowest BCUT2D eigenvalue weighted by Gasteiger charge is -2.35. The molecule has 1 atom stereocenters. The first kappa shape index (κ1) is 27.9. The Labute approximate surface area is 243 Å². The first-order valence-corrected chi connectivity index (χ1v) is 15.2. The second-order valence-electron chi connectivity index (χ2n) is 11.3. The van der Waals surface area contributed by atoms with Gasteiger partial charge in [-0.1, -0.05) is 12.1 Å². The standard InChI is InChI=1S/C32H35FN4O3S/c1-21(38)19-36-10-12-37(13-11-36)20-24-4-6-27(35-18-24)31-17-28-32(41-31)30(8-9-34-28)40-29-7-5-23(16-26(29)33)15-25(39)14-22-2-3-22/h4-9,16-18,21-22,38H,2-3,10-15,19-20H2,1H3/t21-/m0/s1. The van der Waals surface area contributed by atoms with Crippen LogP contribution >= 0.6 is 11.3 Å². The van der Waals surface area contributed by atoms with Crippen molar-refractivity contribution in [3.8, 4) is 22.1 Å². The van der Waals surface area contributed by atoms with Crippen molar-refractivity contribution in [3.63, 3.8) is 0 Å². The summed E-state index contributed by atoms with van der Waals surface area (Å²) in [5, 5.41) is 9.62. The Kier molecular flexibility index (Phi) is 8.39. The number of hydrogen-bond donors (Lipinski definition) is 1. The molecule has 1 aromatic carbocycles. The van der Waals surface area contributed by atoms with Crippen molar-refractivity contribution in [2.45, 2.75) is 45.3 Å². The number of aliphatic hydroxyl groups excluding tert-OH is 1. The predicted octanol–water partition coefficient (Wildman–Crippen LogP) is 5.70. The molecular weight excluding hydrogens is 539 g/mol. The number of benzene rings is 1. The summed E-state index contributed by atoms with van der Waals surface area (Å²) in [4.78, 5) is 27.1. The second-order valence-corrected chi connectivity index (χ2v) is 12.4. The predicted molar refractivity (Wildman–Crippen MR) is 159 cm³/mol. The van der Waals surface area contributed by atoms with Crippen LogP contribution in [0.25, 0.3) is 20.8 Å². The Balaban J connectivity index is 1.11. The van der Waals surface area contributed by atoms with Gasteiger partial charge in [0.2, 0.25) is 0 Å². The molecule has 0 amide bonds. The van der Waals surface area contributed by atoms with Crippen LogP contribution in [-0.4, -0.2) is 69.5 Å². The summed E-state index contributed by atoms with van der Waals surface area (Å²) < 4.78 is 21.8. The molecule has 214 valence electrons. The summed E-state index contributed by atoms with van der Waals surface area (Å²) in [5.74, 6) is 0.872. The highest BCUT2D eigenvalue weighted by molar-refractivity contribution is 7.22. The van der Waals surface area contributed by atoms with Crippen molar-refractivity contribution in [2.24, 2.45) is 5.92 Å². The summed E-state index contributed by atoms with van der Waals surface area (Å²) in [7, 11) is 0. The van der Waals surface area contributed by atoms with Crippen molar-refractivity contribution in [1.82, 2.24) is 19.8 Å². The number of carbonyl (C=O) groups is 1. The Morgan fingerprint density at radius 2 is 1.83 bits per heavy atom. The minimum Gasteiger partial charge on any atom is -0.453 e. The van der Waals surface area contributed by atoms with Gasteiger partial charge in [0, 0.05) is 70.6 Å². The molecule has 2 aliphatic rings. The largest absolute Gasteiger partial charge is 0.453 e. The molecule has 0 unspecified atom stereocenters. The maximum absolute atomic E-state index is 14.9. The van der Waals surface area contributed by atoms with Gasteiger partial charge < -0.3 is 9.84 Å². The maximum atomic E-state index is 14.9. The average Bonchev–Trinajstić information content (AvgIpc) is 3.65. The van der Waals surface area contributed by atoms with Crippen LogP contribution in [0.4, 0.5) is 4.39 Å². The number of Topliss-reactive ketones (excluding diaryl/α,β-unsaturated/α-hetero) is 1. The summed E-state index contributed by atoms with van der Waals surface area (Å²) >= 11 is 1.52. The van der Waals surface area contributed by atoms with Gasteiger partial charge in [-0.15, -0.1) is 11.3 Å². The maximum Gasteiger partial charge on any atom is 0.166 e. The van der Waals surface area contributed by atoms with E-state index in [1.165, 1.54) is 17.4 Å². The van der Waals surface area contributed by atoms with E-state index in [1.807, 2.05) is 25.3 Å². The smallest absolute Gasteiger partial charge is 0.166 e. The Bertz CT molecular complexity index is 1510. The minimum atomic E-state index is -0.481. The third kappa shape index (κ3) is 7.16. The third-order valence-electron chi connectivity index (χ3n) is 7.68. The highest BCUT2D eigenvalue weighted by Gasteiger charge is 2.24. The van der Waals surface area contributed by atoms with Gasteiger partial charge in [0.15, 0.2) is 11.6 Å². The third-order valence-corrected chi connectivity index (χ3v) is 8.84. The van der Waals surface area contributed by atoms with Crippen LogP contribution in [0.5, 0.6) is 11.5 Å². The number of carbonyl (C=O) groups excluding carboxylic acids is 1. The number of nitrogens with zero attached hydrogens (tertiary/aromatic N) is 4. The molecule has 1 saturated heterocycles. The molecule has 1 aliphatic carbocycles. The topological polar surface area (TPSA) is 78.8 Å². The number of thiophene rings is 1. The zero-order valence-electron chi connectivity index (χ0n) is 23.3. The molecule has 0 bridgehead atoms. The fourth-order valence-corrected chi connectivity index (χ4v) is 6.39. The zero-order chi connectivity index (χ0) is 28.3. The van der Waals surface area contributed by atoms with E-state index >= 15 is 0 Å². The monoisotopic (exact) mass is 574 g/mol. The highest BCUT2D eigenvalue weighted by atomic mass is 32.1. The SMILES string of the molecule is C[C@H](O)CN1CCN(Cc2ccc(-c3cc4nccc(Oc5ccc(CC(=O)CC6CC6)cc5F)c4s3)nc2)CC1. The lowest BCUT2D eigenvalue weighted by molar-refractivity contribution is -0.118. The second kappa shape index (κ2) is 12.3. The Morgan fingerprint density at radius 1 is 1.05 bits per heavy atom. The van der Waals surface area contributed by atoms with E-state index in [2.05, 4.69) is 20.9 Å². The first-order chi connectivity index (χ1) is 19.9. The molecule has 0 radical (unpaired) electrons. The lowest BCUT2D eigenvalue weighted by Crippen LogP contribution is -2.47. The van der Waals surface area contributed by atoms with Crippen molar-refractivity contribution in [1.29, 1.82) is 0 Å². The van der Waals surface area contributed by atoms with Gasteiger partial charge in [0.05, 0.1) is 26.9 Å². The number of rotatable bonds is 11. The van der Waals surface area contributed by atoms with E-state index in [9.17, 15) is 14.3 Å². The Morgan fingerprint density at radius 3 is 2.54 bits per heavy atom. The summed E-state index contributed by atoms with van der Waals surface area (Å²) in [5.41, 5.74) is 3.46. The van der Waals surface area contributed by atoms with Crippen LogP contribution in [-0.2, 0) is 17.8 Å². The number of aromatic nitrogens is 2. The number of piperazine rings is 1. The molecule has 0 spiro atoms. The van der Waals surface area contributed by atoms with Gasteiger partial charge in [-0.2, -0.15) is 0 Å². The van der Waals surface area contributed by atoms with Crippen LogP contribution in [0.3, 0.4) is 0 Å². The lowest BCUT2D eigenvalue weighted by atomic mass is 10.0. The van der Waals surface area contributed by atoms with E-state index < -0.39 is 5.82 Å². The van der Waals surface area contributed by atoms with E-state index in [4.69, 9.17) is 9.72 Å². The fourth-order valence-electron chi connectivity index (χ4n) is 5.35. The van der Waals surface area contributed by atoms with Gasteiger partial charge >= 0.3 is 0 Å². The Hall–Kier alpha value is -3.24. The molecule has 1 saturated carbocycles. The molecule has 3 aromatic heterocycles. The number of pyridine rings is 2. The quantitative estimate of drug-likeness (QED) is 0.246. The summed E-state index contributed by atoms with van der Waals surface area (Å²) in [6.45, 7) is 7.28. The number of ketones is 1. The van der Waals surface area contributed by atoms with Gasteiger partial charge in [-0.05, 0) is 61.1 Å². The molecule has 4 heterocycles. The molecular formula is C32H35FN4O3S. The highest BCUT2D eigenvalue weighted by Crippen LogP contribution is 2.39. The van der Waals surface area contributed by atoms with E-state index in [0.717, 1.165) is 78.5 Å². The van der Waals surface area contributed by atoms with Crippen LogP contribution in [0.1, 0.15) is 37.3 Å². The minimum absolute atomic E-state index is 0.125. The number of aliphatic hydroxyl groups is 1. The van der Waals surface area contributed by atoms with Gasteiger partial charge in [-0.3, -0.25) is 24.6 Å². The molecule has 7 nitrogen and oxygen atoms in total. The van der Waals surface area contributed by atoms with Crippen LogP contribution in [0.15, 0.2) is 54.9 Å². The molecule has 41 heavy (non-hydrogen) atoms. The van der Waals surface area contributed by atoms with Gasteiger partial charge in [-0.25, -0.2) is 4.39 Å². The van der Waals surface area contributed by atoms with Crippen molar-refractivity contribution < 1.29 is 19.0 Å². The van der Waals surface area contributed by atoms with E-state index in [1.54, 1.807) is 24.4 Å². The van der Waals surface area contributed by atoms with E-state index in [0.29, 0.717) is 23.7 Å². The van der Waals surface area contributed by atoms with Crippen LogP contribution < -0.4 is 4.74 Å². The van der Waals surface area contributed by atoms with Crippen molar-refractivity contribution in [3.05, 3.63) is 71.8 Å². The molecule has 1 aliphatic heterocycles. The number of halogens is 1. The first-order valence-electron chi connectivity index (χ1n) is 14.3. The molecule has 2 fully saturated rings. The molecule has 6 rings (SSSR count). The number of hydrogen-bond acceptors (Lipinski definition) is 8. The number of β-amino-alcohol motifs (C(OH)–C–C–N with tert-alkyl or cyclic N) is 1. The molecule has 9 heteroatoms. The molecule has 1 N–H and O–H groups in total. The van der Waals surface area contributed by atoms with Gasteiger partial charge in [0.25, 0.3) is 0 Å². The van der Waals surface area contributed by atoms with Gasteiger partial charge in [0.1, 0.15) is 11.5 Å². The normalized spacial score (nSPS) is 17.1. The van der Waals surface area contributed by atoms with Crippen LogP contribution in [0, 0.1) is 11.7 Å². The van der Waals surface area contributed by atoms with E-state index in [-0.39, 0.29) is 24.1 Å². The average molecular weight is 575 g/mol. The summed E-state index contributed by atoms with van der Waals surface area (Å²) in [6, 6.07) is 12.7. The zero-order valence-corrected chi connectivity index (χ0v) is 24.1. The van der Waals surface area contributed by atoms with Crippen molar-refractivity contribution >= 4 is 27.3 Å². The fraction of sp³-hybridized carbons (Fsp3) is 0.406. The molecule has 4 aromatic rings. The summed E-state index contributed by atoms with van der Waals surface area (Å²) in [6.07, 6.45) is 6.40. The van der Waals surface area contributed by atoms with Crippen molar-refractivity contribution in [2.75, 3.05) is 32.7 Å². The number of ether oxygens (including phenoxy) is 1. The number of fused-ring (bicyclic) bond motifs is 1. The van der Waals surface area contributed by atoms with Crippen LogP contribution in [0.2, 0.25) is 0 Å².